The van der Waals surface area contributed by atoms with E-state index in [9.17, 15) is 9.59 Å². The van der Waals surface area contributed by atoms with Crippen molar-refractivity contribution < 1.29 is 19.1 Å². The number of alkyl halides is 4. The Kier molecular flexibility index (Phi) is 11.0. The highest BCUT2D eigenvalue weighted by atomic mass is 79.9. The predicted molar refractivity (Wildman–Crippen MR) is 88.2 cm³/mol. The smallest absolute Gasteiger partial charge is 0.330 e. The summed E-state index contributed by atoms with van der Waals surface area (Å²) < 4.78 is 9.81. The molecule has 0 amide bonds. The lowest BCUT2D eigenvalue weighted by atomic mass is 10.1. The highest BCUT2D eigenvalue weighted by Gasteiger charge is 2.27. The summed E-state index contributed by atoms with van der Waals surface area (Å²) in [7, 11) is 0. The van der Waals surface area contributed by atoms with Crippen LogP contribution in [0.5, 0.6) is 0 Å². The molecule has 4 nitrogen and oxygen atoms in total. The molecule has 112 valence electrons. The van der Waals surface area contributed by atoms with Crippen LogP contribution < -0.4 is 0 Å². The van der Waals surface area contributed by atoms with E-state index in [4.69, 9.17) is 9.47 Å². The van der Waals surface area contributed by atoms with Crippen molar-refractivity contribution in [1.29, 1.82) is 0 Å². The van der Waals surface area contributed by atoms with E-state index in [1.54, 1.807) is 0 Å². The first-order valence-corrected chi connectivity index (χ1v) is 9.38. The van der Waals surface area contributed by atoms with Crippen LogP contribution in [0.25, 0.3) is 0 Å². The Morgan fingerprint density at radius 3 is 2.05 bits per heavy atom. The van der Waals surface area contributed by atoms with E-state index in [2.05, 4.69) is 63.7 Å². The lowest BCUT2D eigenvalue weighted by Crippen LogP contribution is -2.31. The first-order chi connectivity index (χ1) is 8.77. The second-order valence-electron chi connectivity index (χ2n) is 3.87. The van der Waals surface area contributed by atoms with E-state index in [-0.39, 0.29) is 21.8 Å². The lowest BCUT2D eigenvalue weighted by Gasteiger charge is -2.24. The van der Waals surface area contributed by atoms with Crippen LogP contribution in [0.1, 0.15) is 33.1 Å². The summed E-state index contributed by atoms with van der Waals surface area (Å²) in [4.78, 5) is 22.6. The minimum absolute atomic E-state index is 0.189. The molecular weight excluding hydrogens is 516 g/mol. The largest absolute Gasteiger partial charge is 0.461 e. The van der Waals surface area contributed by atoms with Crippen LogP contribution in [-0.2, 0) is 19.1 Å². The molecule has 0 aliphatic carbocycles. The van der Waals surface area contributed by atoms with E-state index >= 15 is 0 Å². The number of hydrogen-bond acceptors (Lipinski definition) is 4. The third kappa shape index (κ3) is 9.42. The van der Waals surface area contributed by atoms with Gasteiger partial charge in [-0.2, -0.15) is 0 Å². The molecule has 2 atom stereocenters. The van der Waals surface area contributed by atoms with Crippen LogP contribution in [0.3, 0.4) is 0 Å². The minimum Gasteiger partial charge on any atom is -0.461 e. The fourth-order valence-electron chi connectivity index (χ4n) is 1.44. The van der Waals surface area contributed by atoms with Crippen molar-refractivity contribution in [3.8, 4) is 0 Å². The first-order valence-electron chi connectivity index (χ1n) is 5.71. The van der Waals surface area contributed by atoms with Gasteiger partial charge in [-0.1, -0.05) is 77.1 Å². The van der Waals surface area contributed by atoms with E-state index < -0.39 is 9.84 Å². The van der Waals surface area contributed by atoms with Gasteiger partial charge < -0.3 is 9.47 Å². The maximum Gasteiger partial charge on any atom is 0.330 e. The molecule has 0 fully saturated rings. The monoisotopic (exact) mass is 528 g/mol. The minimum atomic E-state index is -0.532. The van der Waals surface area contributed by atoms with Crippen LogP contribution in [-0.4, -0.2) is 31.6 Å². The maximum atomic E-state index is 11.6. The first kappa shape index (κ1) is 19.9. The van der Waals surface area contributed by atoms with E-state index in [1.807, 2.05) is 6.92 Å². The lowest BCUT2D eigenvalue weighted by molar-refractivity contribution is -0.152. The summed E-state index contributed by atoms with van der Waals surface area (Å²) in [5, 5.41) is 0. The average Bonchev–Trinajstić information content (AvgIpc) is 2.27. The van der Waals surface area contributed by atoms with Crippen molar-refractivity contribution in [2.24, 2.45) is 0 Å². The molecule has 0 spiro atoms. The van der Waals surface area contributed by atoms with Gasteiger partial charge in [0.15, 0.2) is 3.74 Å². The number of carbonyl (C=O) groups excluding carboxylic acids is 2. The molecule has 0 aliphatic rings. The van der Waals surface area contributed by atoms with Crippen molar-refractivity contribution in [2.45, 2.75) is 52.8 Å². The number of rotatable bonds is 8. The normalized spacial score (nSPS) is 14.3. The van der Waals surface area contributed by atoms with Crippen LogP contribution >= 0.6 is 63.7 Å². The van der Waals surface area contributed by atoms with Gasteiger partial charge in [-0.3, -0.25) is 4.79 Å². The van der Waals surface area contributed by atoms with E-state index in [1.165, 1.54) is 6.92 Å². The van der Waals surface area contributed by atoms with Gasteiger partial charge in [0.25, 0.3) is 0 Å². The quantitative estimate of drug-likeness (QED) is 0.347. The van der Waals surface area contributed by atoms with E-state index in [0.717, 1.165) is 6.42 Å². The van der Waals surface area contributed by atoms with Gasteiger partial charge in [-0.05, 0) is 6.42 Å². The van der Waals surface area contributed by atoms with Crippen LogP contribution in [0, 0.1) is 0 Å². The fourth-order valence-corrected chi connectivity index (χ4v) is 2.30. The Labute approximate surface area is 146 Å². The van der Waals surface area contributed by atoms with E-state index in [0.29, 0.717) is 12.8 Å². The molecule has 0 saturated carbocycles. The molecule has 2 unspecified atom stereocenters. The highest BCUT2D eigenvalue weighted by molar-refractivity contribution is 9.25. The van der Waals surface area contributed by atoms with Crippen molar-refractivity contribution in [3.05, 3.63) is 0 Å². The zero-order valence-corrected chi connectivity index (χ0v) is 16.9. The molecule has 0 radical (unpaired) electrons. The van der Waals surface area contributed by atoms with Crippen LogP contribution in [0.15, 0.2) is 0 Å². The summed E-state index contributed by atoms with van der Waals surface area (Å²) in [5.41, 5.74) is 0. The van der Waals surface area contributed by atoms with Gasteiger partial charge in [0.2, 0.25) is 0 Å². The summed E-state index contributed by atoms with van der Waals surface area (Å²) in [5.74, 6) is -0.755. The molecule has 0 N–H and O–H groups in total. The fraction of sp³-hybridized carbons (Fsp3) is 0.818. The predicted octanol–water partition coefficient (Wildman–Crippen LogP) is 4.25. The molecule has 0 aromatic carbocycles. The molecule has 0 heterocycles. The molecule has 0 saturated heterocycles. The van der Waals surface area contributed by atoms with Gasteiger partial charge in [0.05, 0.1) is 0 Å². The Hall–Kier alpha value is 0.860. The van der Waals surface area contributed by atoms with Gasteiger partial charge in [-0.15, -0.1) is 0 Å². The summed E-state index contributed by atoms with van der Waals surface area (Å²) in [6.45, 7) is 3.35. The van der Waals surface area contributed by atoms with Crippen molar-refractivity contribution >= 4 is 75.7 Å². The Balaban J connectivity index is 4.59. The number of ether oxygens (including phenoxy) is 2. The van der Waals surface area contributed by atoms with Crippen LogP contribution in [0.4, 0.5) is 0 Å². The summed E-state index contributed by atoms with van der Waals surface area (Å²) in [6, 6.07) is 0. The molecule has 8 heteroatoms. The molecule has 0 aromatic rings. The molecule has 19 heavy (non-hydrogen) atoms. The van der Waals surface area contributed by atoms with Crippen LogP contribution in [0.2, 0.25) is 0 Å². The molecule has 0 rings (SSSR count). The second kappa shape index (κ2) is 10.6. The number of halogens is 4. The highest BCUT2D eigenvalue weighted by Crippen LogP contribution is 2.24. The standard InChI is InChI=1S/C11H16Br4O4/c1-3-4-7(19-11(17)10(14)15)5-8(9(12)13)18-6(2)16/h7-10H,3-5H2,1-2H3. The third-order valence-electron chi connectivity index (χ3n) is 2.17. The Bertz CT molecular complexity index is 296. The number of carbonyl (C=O) groups is 2. The van der Waals surface area contributed by atoms with Gasteiger partial charge >= 0.3 is 11.9 Å². The van der Waals surface area contributed by atoms with Crippen molar-refractivity contribution in [1.82, 2.24) is 0 Å². The zero-order chi connectivity index (χ0) is 15.0. The SMILES string of the molecule is CCCC(CC(OC(C)=O)C(Br)Br)OC(=O)C(Br)Br. The molecular formula is C11H16Br4O4. The Morgan fingerprint density at radius 1 is 1.11 bits per heavy atom. The average molecular weight is 532 g/mol. The topological polar surface area (TPSA) is 52.6 Å². The molecule has 0 aliphatic heterocycles. The van der Waals surface area contributed by atoms with Crippen molar-refractivity contribution in [3.63, 3.8) is 0 Å². The second-order valence-corrected chi connectivity index (χ2v) is 10.1. The maximum absolute atomic E-state index is 11.6. The zero-order valence-electron chi connectivity index (χ0n) is 10.6. The van der Waals surface area contributed by atoms with Gasteiger partial charge in [-0.25, -0.2) is 4.79 Å². The van der Waals surface area contributed by atoms with Gasteiger partial charge in [0, 0.05) is 13.3 Å². The van der Waals surface area contributed by atoms with Gasteiger partial charge in [0.1, 0.15) is 15.9 Å². The van der Waals surface area contributed by atoms with Crippen molar-refractivity contribution in [2.75, 3.05) is 0 Å². The number of hydrogen-bond donors (Lipinski definition) is 0. The summed E-state index contributed by atoms with van der Waals surface area (Å²) >= 11 is 12.8. The number of esters is 2. The molecule has 0 aromatic heterocycles. The third-order valence-corrected chi connectivity index (χ3v) is 4.09. The summed E-state index contributed by atoms with van der Waals surface area (Å²) in [6.07, 6.45) is 1.33. The molecule has 0 bridgehead atoms. The Morgan fingerprint density at radius 2 is 1.68 bits per heavy atom.